The number of rotatable bonds is 3. The molecule has 2 unspecified atom stereocenters. The van der Waals surface area contributed by atoms with Crippen LogP contribution in [0.25, 0.3) is 11.0 Å². The Morgan fingerprint density at radius 2 is 2.29 bits per heavy atom. The lowest BCUT2D eigenvalue weighted by atomic mass is 9.93. The highest BCUT2D eigenvalue weighted by Crippen LogP contribution is 2.21. The van der Waals surface area contributed by atoms with E-state index in [1.807, 2.05) is 31.2 Å². The van der Waals surface area contributed by atoms with Crippen LogP contribution in [0.4, 0.5) is 0 Å². The minimum Gasteiger partial charge on any atom is -0.451 e. The van der Waals surface area contributed by atoms with Gasteiger partial charge in [0.15, 0.2) is 5.76 Å². The van der Waals surface area contributed by atoms with Crippen molar-refractivity contribution < 1.29 is 9.21 Å². The van der Waals surface area contributed by atoms with Crippen LogP contribution in [0.15, 0.2) is 28.7 Å². The number of piperidine rings is 1. The van der Waals surface area contributed by atoms with Crippen LogP contribution in [-0.4, -0.2) is 25.0 Å². The Morgan fingerprint density at radius 1 is 1.43 bits per heavy atom. The number of carbonyl (C=O) groups excluding carboxylic acids is 1. The highest BCUT2D eigenvalue weighted by atomic mass is 16.3. The summed E-state index contributed by atoms with van der Waals surface area (Å²) in [6.07, 6.45) is 2.34. The second-order valence-corrected chi connectivity index (χ2v) is 6.02. The fraction of sp³-hybridized carbons (Fsp3) is 0.471. The molecule has 21 heavy (non-hydrogen) atoms. The molecule has 2 heterocycles. The topological polar surface area (TPSA) is 54.3 Å². The van der Waals surface area contributed by atoms with Crippen molar-refractivity contribution in [2.75, 3.05) is 13.1 Å². The van der Waals surface area contributed by atoms with Crippen LogP contribution in [0.1, 0.15) is 35.9 Å². The predicted molar refractivity (Wildman–Crippen MR) is 83.5 cm³/mol. The minimum absolute atomic E-state index is 0.123. The van der Waals surface area contributed by atoms with Crippen molar-refractivity contribution in [3.8, 4) is 0 Å². The van der Waals surface area contributed by atoms with Crippen molar-refractivity contribution in [2.45, 2.75) is 32.7 Å². The SMILES string of the molecule is Cc1ccc2oc(C(=O)NC(C)C3CCCNC3)cc2c1. The average Bonchev–Trinajstić information content (AvgIpc) is 2.91. The molecule has 0 spiro atoms. The normalized spacial score (nSPS) is 20.4. The van der Waals surface area contributed by atoms with E-state index in [1.165, 1.54) is 6.42 Å². The third-order valence-electron chi connectivity index (χ3n) is 4.30. The molecule has 0 radical (unpaired) electrons. The van der Waals surface area contributed by atoms with Crippen molar-refractivity contribution in [2.24, 2.45) is 5.92 Å². The zero-order valence-electron chi connectivity index (χ0n) is 12.6. The molecular formula is C17H22N2O2. The quantitative estimate of drug-likeness (QED) is 0.912. The molecule has 3 rings (SSSR count). The van der Waals surface area contributed by atoms with E-state index in [4.69, 9.17) is 4.42 Å². The van der Waals surface area contributed by atoms with E-state index in [-0.39, 0.29) is 11.9 Å². The van der Waals surface area contributed by atoms with Crippen molar-refractivity contribution >= 4 is 16.9 Å². The fourth-order valence-electron chi connectivity index (χ4n) is 2.98. The zero-order chi connectivity index (χ0) is 14.8. The number of furan rings is 1. The second-order valence-electron chi connectivity index (χ2n) is 6.02. The monoisotopic (exact) mass is 286 g/mol. The number of hydrogen-bond acceptors (Lipinski definition) is 3. The Morgan fingerprint density at radius 3 is 3.05 bits per heavy atom. The predicted octanol–water partition coefficient (Wildman–Crippen LogP) is 2.86. The van der Waals surface area contributed by atoms with Crippen LogP contribution in [0.2, 0.25) is 0 Å². The first-order valence-electron chi connectivity index (χ1n) is 7.65. The van der Waals surface area contributed by atoms with Gasteiger partial charge in [0.2, 0.25) is 0 Å². The molecule has 2 N–H and O–H groups in total. The summed E-state index contributed by atoms with van der Waals surface area (Å²) in [5, 5.41) is 7.43. The van der Waals surface area contributed by atoms with Crippen LogP contribution in [-0.2, 0) is 0 Å². The van der Waals surface area contributed by atoms with Gasteiger partial charge in [-0.1, -0.05) is 11.6 Å². The molecule has 1 aliphatic heterocycles. The van der Waals surface area contributed by atoms with Crippen LogP contribution in [0.3, 0.4) is 0 Å². The fourth-order valence-corrected chi connectivity index (χ4v) is 2.98. The highest BCUT2D eigenvalue weighted by molar-refractivity contribution is 5.96. The van der Waals surface area contributed by atoms with Crippen LogP contribution in [0, 0.1) is 12.8 Å². The summed E-state index contributed by atoms with van der Waals surface area (Å²) in [6.45, 7) is 6.16. The minimum atomic E-state index is -0.123. The lowest BCUT2D eigenvalue weighted by molar-refractivity contribution is 0.0896. The maximum atomic E-state index is 12.3. The number of nitrogens with one attached hydrogen (secondary N) is 2. The Hall–Kier alpha value is -1.81. The Bertz CT molecular complexity index is 641. The van der Waals surface area contributed by atoms with Gasteiger partial charge in [-0.15, -0.1) is 0 Å². The number of benzene rings is 1. The first-order chi connectivity index (χ1) is 10.1. The Kier molecular flexibility index (Phi) is 3.97. The molecule has 2 aromatic rings. The van der Waals surface area contributed by atoms with E-state index in [0.29, 0.717) is 11.7 Å². The Balaban J connectivity index is 1.71. The number of carbonyl (C=O) groups is 1. The van der Waals surface area contributed by atoms with Gasteiger partial charge in [0, 0.05) is 11.4 Å². The lowest BCUT2D eigenvalue weighted by Gasteiger charge is -2.28. The molecule has 1 aromatic heterocycles. The first-order valence-corrected chi connectivity index (χ1v) is 7.65. The van der Waals surface area contributed by atoms with E-state index in [2.05, 4.69) is 17.6 Å². The summed E-state index contributed by atoms with van der Waals surface area (Å²) < 4.78 is 5.65. The third-order valence-corrected chi connectivity index (χ3v) is 4.30. The van der Waals surface area contributed by atoms with Gasteiger partial charge >= 0.3 is 0 Å². The number of hydrogen-bond donors (Lipinski definition) is 2. The van der Waals surface area contributed by atoms with Gasteiger partial charge in [0.25, 0.3) is 5.91 Å². The summed E-state index contributed by atoms with van der Waals surface area (Å²) in [6, 6.07) is 7.91. The third kappa shape index (κ3) is 3.10. The van der Waals surface area contributed by atoms with E-state index < -0.39 is 0 Å². The van der Waals surface area contributed by atoms with E-state index in [9.17, 15) is 4.79 Å². The number of fused-ring (bicyclic) bond motifs is 1. The molecule has 0 saturated carbocycles. The van der Waals surface area contributed by atoms with Gasteiger partial charge < -0.3 is 15.1 Å². The summed E-state index contributed by atoms with van der Waals surface area (Å²) in [4.78, 5) is 12.3. The highest BCUT2D eigenvalue weighted by Gasteiger charge is 2.23. The lowest BCUT2D eigenvalue weighted by Crippen LogP contribution is -2.44. The van der Waals surface area contributed by atoms with Gasteiger partial charge in [-0.25, -0.2) is 0 Å². The molecule has 1 saturated heterocycles. The molecule has 4 heteroatoms. The van der Waals surface area contributed by atoms with Crippen molar-refractivity contribution in [3.05, 3.63) is 35.6 Å². The maximum Gasteiger partial charge on any atom is 0.287 e. The van der Waals surface area contributed by atoms with Crippen LogP contribution in [0.5, 0.6) is 0 Å². The molecule has 1 fully saturated rings. The number of amides is 1. The number of aryl methyl sites for hydroxylation is 1. The van der Waals surface area contributed by atoms with Gasteiger partial charge in [-0.3, -0.25) is 4.79 Å². The summed E-state index contributed by atoms with van der Waals surface area (Å²) in [7, 11) is 0. The summed E-state index contributed by atoms with van der Waals surface area (Å²) in [5.41, 5.74) is 1.93. The van der Waals surface area contributed by atoms with Crippen LogP contribution < -0.4 is 10.6 Å². The molecule has 4 nitrogen and oxygen atoms in total. The van der Waals surface area contributed by atoms with Gasteiger partial charge in [-0.2, -0.15) is 0 Å². The Labute approximate surface area is 124 Å². The smallest absolute Gasteiger partial charge is 0.287 e. The summed E-state index contributed by atoms with van der Waals surface area (Å²) in [5.74, 6) is 0.766. The second kappa shape index (κ2) is 5.90. The van der Waals surface area contributed by atoms with Crippen molar-refractivity contribution in [1.29, 1.82) is 0 Å². The van der Waals surface area contributed by atoms with Gasteiger partial charge in [0.1, 0.15) is 5.58 Å². The van der Waals surface area contributed by atoms with Crippen LogP contribution >= 0.6 is 0 Å². The van der Waals surface area contributed by atoms with Crippen molar-refractivity contribution in [1.82, 2.24) is 10.6 Å². The molecule has 1 aliphatic rings. The van der Waals surface area contributed by atoms with Gasteiger partial charge in [-0.05, 0) is 63.9 Å². The molecule has 1 aromatic carbocycles. The summed E-state index contributed by atoms with van der Waals surface area (Å²) >= 11 is 0. The molecular weight excluding hydrogens is 264 g/mol. The van der Waals surface area contributed by atoms with Gasteiger partial charge in [0.05, 0.1) is 0 Å². The van der Waals surface area contributed by atoms with E-state index in [0.717, 1.165) is 36.0 Å². The van der Waals surface area contributed by atoms with E-state index >= 15 is 0 Å². The molecule has 0 aliphatic carbocycles. The van der Waals surface area contributed by atoms with Crippen molar-refractivity contribution in [3.63, 3.8) is 0 Å². The molecule has 1 amide bonds. The standard InChI is InChI=1S/C17H22N2O2/c1-11-5-6-15-14(8-11)9-16(21-15)17(20)19-12(2)13-4-3-7-18-10-13/h5-6,8-9,12-13,18H,3-4,7,10H2,1-2H3,(H,19,20). The molecule has 2 atom stereocenters. The molecule has 0 bridgehead atoms. The van der Waals surface area contributed by atoms with E-state index in [1.54, 1.807) is 0 Å². The molecule has 112 valence electrons. The maximum absolute atomic E-state index is 12.3. The largest absolute Gasteiger partial charge is 0.451 e. The zero-order valence-corrected chi connectivity index (χ0v) is 12.6. The first kappa shape index (κ1) is 14.1. The average molecular weight is 286 g/mol.